The van der Waals surface area contributed by atoms with Crippen molar-refractivity contribution < 1.29 is 9.59 Å². The Labute approximate surface area is 117 Å². The zero-order valence-corrected chi connectivity index (χ0v) is 12.1. The van der Waals surface area contributed by atoms with E-state index in [0.29, 0.717) is 16.5 Å². The Morgan fingerprint density at radius 3 is 2.78 bits per heavy atom. The number of halogens is 1. The molecule has 0 bridgehead atoms. The maximum atomic E-state index is 12.2. The van der Waals surface area contributed by atoms with Crippen LogP contribution in [0, 0.1) is 0 Å². The van der Waals surface area contributed by atoms with Crippen molar-refractivity contribution in [3.05, 3.63) is 21.9 Å². The van der Waals surface area contributed by atoms with E-state index in [1.165, 1.54) is 18.3 Å². The average molecular weight is 289 g/mol. The molecule has 1 N–H and O–H groups in total. The first-order valence-electron chi connectivity index (χ1n) is 5.70. The van der Waals surface area contributed by atoms with E-state index < -0.39 is 0 Å². The molecule has 100 valence electrons. The lowest BCUT2D eigenvalue weighted by Gasteiger charge is -2.31. The van der Waals surface area contributed by atoms with Crippen LogP contribution in [-0.2, 0) is 0 Å². The normalized spacial score (nSPS) is 19.2. The molecule has 6 heteroatoms. The van der Waals surface area contributed by atoms with E-state index in [4.69, 9.17) is 0 Å². The van der Waals surface area contributed by atoms with Crippen molar-refractivity contribution in [1.29, 1.82) is 0 Å². The van der Waals surface area contributed by atoms with Crippen molar-refractivity contribution >= 4 is 35.4 Å². The van der Waals surface area contributed by atoms with Crippen LogP contribution in [0.1, 0.15) is 33.9 Å². The molecule has 1 aromatic rings. The van der Waals surface area contributed by atoms with Crippen molar-refractivity contribution in [3.63, 3.8) is 0 Å². The van der Waals surface area contributed by atoms with Crippen LogP contribution in [0.25, 0.3) is 0 Å². The molecule has 0 aromatic carbocycles. The molecular formula is C12H17ClN2O2S. The highest BCUT2D eigenvalue weighted by atomic mass is 35.5. The quantitative estimate of drug-likeness (QED) is 0.845. The second-order valence-corrected chi connectivity index (χ2v) is 5.27. The predicted molar refractivity (Wildman–Crippen MR) is 74.9 cm³/mol. The molecule has 1 aliphatic rings. The minimum atomic E-state index is 0. The fourth-order valence-corrected chi connectivity index (χ4v) is 2.82. The Morgan fingerprint density at radius 2 is 2.22 bits per heavy atom. The second-order valence-electron chi connectivity index (χ2n) is 4.36. The summed E-state index contributed by atoms with van der Waals surface area (Å²) in [6.45, 7) is 5.87. The molecule has 0 radical (unpaired) electrons. The molecule has 0 aliphatic carbocycles. The minimum absolute atomic E-state index is 0. The predicted octanol–water partition coefficient (Wildman–Crippen LogP) is 1.81. The highest BCUT2D eigenvalue weighted by Gasteiger charge is 2.22. The summed E-state index contributed by atoms with van der Waals surface area (Å²) in [6.07, 6.45) is 0. The van der Waals surface area contributed by atoms with Crippen LogP contribution in [-0.4, -0.2) is 42.3 Å². The van der Waals surface area contributed by atoms with Gasteiger partial charge in [-0.25, -0.2) is 0 Å². The summed E-state index contributed by atoms with van der Waals surface area (Å²) in [4.78, 5) is 25.9. The molecule has 1 unspecified atom stereocenters. The monoisotopic (exact) mass is 288 g/mol. The zero-order valence-electron chi connectivity index (χ0n) is 10.4. The summed E-state index contributed by atoms with van der Waals surface area (Å²) < 4.78 is 0. The molecule has 0 saturated carbocycles. The summed E-state index contributed by atoms with van der Waals surface area (Å²) in [5, 5.41) is 5.05. The first-order chi connectivity index (χ1) is 8.08. The number of nitrogens with zero attached hydrogens (tertiary/aromatic N) is 1. The summed E-state index contributed by atoms with van der Waals surface area (Å²) in [5.41, 5.74) is 0.626. The highest BCUT2D eigenvalue weighted by Crippen LogP contribution is 2.18. The van der Waals surface area contributed by atoms with Crippen LogP contribution in [0.15, 0.2) is 11.4 Å². The minimum Gasteiger partial charge on any atom is -0.335 e. The van der Waals surface area contributed by atoms with Gasteiger partial charge in [0.05, 0.1) is 4.88 Å². The number of nitrogens with one attached hydrogen (secondary N) is 1. The molecule has 18 heavy (non-hydrogen) atoms. The molecule has 1 atom stereocenters. The first-order valence-corrected chi connectivity index (χ1v) is 6.58. The van der Waals surface area contributed by atoms with E-state index in [2.05, 4.69) is 12.2 Å². The number of thiophene rings is 1. The SMILES string of the molecule is CC(=O)c1csc(C(=O)N2CCNC(C)C2)c1.Cl. The van der Waals surface area contributed by atoms with E-state index in [0.717, 1.165) is 19.6 Å². The number of carbonyl (C=O) groups excluding carboxylic acids is 2. The van der Waals surface area contributed by atoms with Gasteiger partial charge in [0.25, 0.3) is 5.91 Å². The second kappa shape index (κ2) is 6.31. The van der Waals surface area contributed by atoms with Gasteiger partial charge in [-0.3, -0.25) is 9.59 Å². The highest BCUT2D eigenvalue weighted by molar-refractivity contribution is 7.12. The van der Waals surface area contributed by atoms with Crippen molar-refractivity contribution in [3.8, 4) is 0 Å². The molecular weight excluding hydrogens is 272 g/mol. The van der Waals surface area contributed by atoms with Crippen LogP contribution < -0.4 is 5.32 Å². The summed E-state index contributed by atoms with van der Waals surface area (Å²) in [5.74, 6) is 0.0461. The lowest BCUT2D eigenvalue weighted by atomic mass is 10.2. The van der Waals surface area contributed by atoms with Gasteiger partial charge in [-0.1, -0.05) is 0 Å². The van der Waals surface area contributed by atoms with Gasteiger partial charge in [0.2, 0.25) is 0 Å². The van der Waals surface area contributed by atoms with Crippen molar-refractivity contribution in [2.45, 2.75) is 19.9 Å². The van der Waals surface area contributed by atoms with Crippen LogP contribution >= 0.6 is 23.7 Å². The van der Waals surface area contributed by atoms with Crippen LogP contribution in [0.3, 0.4) is 0 Å². The Kier molecular flexibility index (Phi) is 5.31. The Bertz CT molecular complexity index is 447. The van der Waals surface area contributed by atoms with Gasteiger partial charge in [-0.05, 0) is 19.9 Å². The molecule has 1 saturated heterocycles. The van der Waals surface area contributed by atoms with E-state index in [1.807, 2.05) is 4.90 Å². The topological polar surface area (TPSA) is 49.4 Å². The number of amides is 1. The lowest BCUT2D eigenvalue weighted by molar-refractivity contribution is 0.0714. The number of piperazine rings is 1. The fraction of sp³-hybridized carbons (Fsp3) is 0.500. The van der Waals surface area contributed by atoms with E-state index in [-0.39, 0.29) is 24.1 Å². The van der Waals surface area contributed by atoms with Crippen LogP contribution in [0.4, 0.5) is 0 Å². The number of hydrogen-bond donors (Lipinski definition) is 1. The molecule has 4 nitrogen and oxygen atoms in total. The van der Waals surface area contributed by atoms with Crippen LogP contribution in [0.2, 0.25) is 0 Å². The summed E-state index contributed by atoms with van der Waals surface area (Å²) >= 11 is 1.35. The van der Waals surface area contributed by atoms with E-state index in [9.17, 15) is 9.59 Å². The smallest absolute Gasteiger partial charge is 0.264 e. The number of ketones is 1. The van der Waals surface area contributed by atoms with Gasteiger partial charge >= 0.3 is 0 Å². The molecule has 2 heterocycles. The summed E-state index contributed by atoms with van der Waals surface area (Å²) in [7, 11) is 0. The Hall–Kier alpha value is -0.910. The van der Waals surface area contributed by atoms with Gasteiger partial charge in [-0.15, -0.1) is 23.7 Å². The van der Waals surface area contributed by atoms with Gasteiger partial charge in [0.15, 0.2) is 5.78 Å². The van der Waals surface area contributed by atoms with E-state index >= 15 is 0 Å². The summed E-state index contributed by atoms with van der Waals surface area (Å²) in [6, 6.07) is 2.03. The number of Topliss-reactive ketones (excluding diaryl/α,β-unsaturated/α-hetero) is 1. The molecule has 1 aromatic heterocycles. The number of carbonyl (C=O) groups is 2. The van der Waals surface area contributed by atoms with Gasteiger partial charge in [0.1, 0.15) is 0 Å². The van der Waals surface area contributed by atoms with Gasteiger partial charge in [0, 0.05) is 36.6 Å². The molecule has 2 rings (SSSR count). The van der Waals surface area contributed by atoms with Crippen molar-refractivity contribution in [2.24, 2.45) is 0 Å². The Balaban J connectivity index is 0.00000162. The third-order valence-corrected chi connectivity index (χ3v) is 3.79. The maximum absolute atomic E-state index is 12.2. The average Bonchev–Trinajstić information content (AvgIpc) is 2.77. The van der Waals surface area contributed by atoms with E-state index in [1.54, 1.807) is 11.4 Å². The molecule has 1 aliphatic heterocycles. The van der Waals surface area contributed by atoms with Gasteiger partial charge < -0.3 is 10.2 Å². The number of rotatable bonds is 2. The standard InChI is InChI=1S/C12H16N2O2S.ClH/c1-8-6-14(4-3-13-8)12(16)11-5-10(7-17-11)9(2)15;/h5,7-8,13H,3-4,6H2,1-2H3;1H. The largest absolute Gasteiger partial charge is 0.335 e. The molecule has 0 spiro atoms. The Morgan fingerprint density at radius 1 is 1.50 bits per heavy atom. The lowest BCUT2D eigenvalue weighted by Crippen LogP contribution is -2.51. The molecule has 1 amide bonds. The number of hydrogen-bond acceptors (Lipinski definition) is 4. The third-order valence-electron chi connectivity index (χ3n) is 2.87. The maximum Gasteiger partial charge on any atom is 0.264 e. The third kappa shape index (κ3) is 3.31. The first kappa shape index (κ1) is 15.1. The van der Waals surface area contributed by atoms with Crippen LogP contribution in [0.5, 0.6) is 0 Å². The van der Waals surface area contributed by atoms with Crippen molar-refractivity contribution in [2.75, 3.05) is 19.6 Å². The van der Waals surface area contributed by atoms with Gasteiger partial charge in [-0.2, -0.15) is 0 Å². The zero-order chi connectivity index (χ0) is 12.4. The molecule has 1 fully saturated rings. The fourth-order valence-electron chi connectivity index (χ4n) is 1.91. The van der Waals surface area contributed by atoms with Crippen molar-refractivity contribution in [1.82, 2.24) is 10.2 Å².